The zero-order valence-corrected chi connectivity index (χ0v) is 14.2. The maximum Gasteiger partial charge on any atom is 0.0672 e. The van der Waals surface area contributed by atoms with Crippen LogP contribution in [-0.4, -0.2) is 35.2 Å². The average molecular weight is 292 g/mol. The molecule has 120 valence electrons. The lowest BCUT2D eigenvalue weighted by Crippen LogP contribution is -2.49. The van der Waals surface area contributed by atoms with Crippen LogP contribution in [0.25, 0.3) is 0 Å². The summed E-state index contributed by atoms with van der Waals surface area (Å²) in [4.78, 5) is 2.55. The van der Waals surface area contributed by atoms with Crippen molar-refractivity contribution < 1.29 is 5.11 Å². The third kappa shape index (κ3) is 3.99. The van der Waals surface area contributed by atoms with Crippen molar-refractivity contribution in [2.24, 2.45) is 23.2 Å². The highest BCUT2D eigenvalue weighted by Crippen LogP contribution is 2.42. The number of nitriles is 1. The molecule has 2 aliphatic rings. The molecule has 0 aromatic carbocycles. The van der Waals surface area contributed by atoms with Crippen molar-refractivity contribution in [3.05, 3.63) is 0 Å². The zero-order valence-electron chi connectivity index (χ0n) is 14.2. The first-order valence-corrected chi connectivity index (χ1v) is 8.64. The molecular weight excluding hydrogens is 260 g/mol. The number of hydrogen-bond donors (Lipinski definition) is 1. The van der Waals surface area contributed by atoms with Crippen molar-refractivity contribution in [1.29, 1.82) is 5.26 Å². The van der Waals surface area contributed by atoms with Crippen molar-refractivity contribution in [1.82, 2.24) is 4.90 Å². The molecule has 0 radical (unpaired) electrons. The van der Waals surface area contributed by atoms with Crippen LogP contribution in [0.5, 0.6) is 0 Å². The first-order chi connectivity index (χ1) is 9.82. The van der Waals surface area contributed by atoms with Crippen LogP contribution in [0, 0.1) is 34.5 Å². The molecule has 0 aromatic rings. The molecule has 1 heterocycles. The Balaban J connectivity index is 2.00. The highest BCUT2D eigenvalue weighted by Gasteiger charge is 2.39. The van der Waals surface area contributed by atoms with E-state index in [1.807, 2.05) is 6.92 Å². The molecule has 1 saturated heterocycles. The van der Waals surface area contributed by atoms with Gasteiger partial charge in [0.1, 0.15) is 0 Å². The molecular formula is C18H32N2O. The number of nitrogens with zero attached hydrogens (tertiary/aromatic N) is 2. The summed E-state index contributed by atoms with van der Waals surface area (Å²) in [7, 11) is 0. The summed E-state index contributed by atoms with van der Waals surface area (Å²) in [6.07, 6.45) is 5.38. The quantitative estimate of drug-likeness (QED) is 0.848. The van der Waals surface area contributed by atoms with E-state index < -0.39 is 0 Å². The standard InChI is InChI=1S/C18H32N2O/c1-13(21)14-7-9-20(10-8-14)17-11-16(18(2,3)4)6-5-15(17)12-19/h13-17,21H,5-11H2,1-4H3. The SMILES string of the molecule is CC(O)C1CCN(C2CC(C(C)(C)C)CCC2C#N)CC1. The van der Waals surface area contributed by atoms with E-state index in [-0.39, 0.29) is 12.0 Å². The molecule has 1 saturated carbocycles. The van der Waals surface area contributed by atoms with Crippen molar-refractivity contribution in [2.45, 2.75) is 71.9 Å². The molecule has 21 heavy (non-hydrogen) atoms. The van der Waals surface area contributed by atoms with Crippen LogP contribution >= 0.6 is 0 Å². The summed E-state index contributed by atoms with van der Waals surface area (Å²) in [5.74, 6) is 1.37. The van der Waals surface area contributed by atoms with Crippen LogP contribution in [0.2, 0.25) is 0 Å². The second-order valence-electron chi connectivity index (χ2n) is 8.29. The molecule has 1 aliphatic carbocycles. The van der Waals surface area contributed by atoms with Gasteiger partial charge in [0.25, 0.3) is 0 Å². The summed E-state index contributed by atoms with van der Waals surface area (Å²) in [5, 5.41) is 19.3. The number of likely N-dealkylation sites (tertiary alicyclic amines) is 1. The van der Waals surface area contributed by atoms with Crippen molar-refractivity contribution in [2.75, 3.05) is 13.1 Å². The maximum atomic E-state index is 9.75. The minimum Gasteiger partial charge on any atom is -0.393 e. The third-order valence-electron chi connectivity index (χ3n) is 5.93. The molecule has 1 aliphatic heterocycles. The van der Waals surface area contributed by atoms with Gasteiger partial charge in [0, 0.05) is 6.04 Å². The number of rotatable bonds is 2. The van der Waals surface area contributed by atoms with Gasteiger partial charge in [0.05, 0.1) is 18.1 Å². The van der Waals surface area contributed by atoms with Crippen LogP contribution in [0.4, 0.5) is 0 Å². The topological polar surface area (TPSA) is 47.3 Å². The van der Waals surface area contributed by atoms with Crippen LogP contribution in [0.3, 0.4) is 0 Å². The molecule has 2 rings (SSSR count). The predicted octanol–water partition coefficient (Wildman–Crippen LogP) is 3.43. The van der Waals surface area contributed by atoms with Crippen LogP contribution < -0.4 is 0 Å². The second kappa shape index (κ2) is 6.67. The van der Waals surface area contributed by atoms with Crippen LogP contribution in [-0.2, 0) is 0 Å². The van der Waals surface area contributed by atoms with Crippen LogP contribution in [0.15, 0.2) is 0 Å². The predicted molar refractivity (Wildman–Crippen MR) is 85.7 cm³/mol. The van der Waals surface area contributed by atoms with Crippen molar-refractivity contribution in [3.8, 4) is 6.07 Å². The summed E-state index contributed by atoms with van der Waals surface area (Å²) >= 11 is 0. The number of hydrogen-bond acceptors (Lipinski definition) is 3. The van der Waals surface area contributed by atoms with E-state index in [9.17, 15) is 10.4 Å². The van der Waals surface area contributed by atoms with Gasteiger partial charge in [-0.05, 0) is 69.4 Å². The van der Waals surface area contributed by atoms with E-state index in [0.717, 1.165) is 38.3 Å². The molecule has 3 nitrogen and oxygen atoms in total. The van der Waals surface area contributed by atoms with Gasteiger partial charge in [-0.2, -0.15) is 5.26 Å². The molecule has 0 spiro atoms. The lowest BCUT2D eigenvalue weighted by molar-refractivity contribution is 0.0158. The van der Waals surface area contributed by atoms with Gasteiger partial charge < -0.3 is 5.11 Å². The normalized spacial score (nSPS) is 34.4. The Morgan fingerprint density at radius 2 is 1.76 bits per heavy atom. The first-order valence-electron chi connectivity index (χ1n) is 8.64. The van der Waals surface area contributed by atoms with Gasteiger partial charge in [-0.15, -0.1) is 0 Å². The summed E-state index contributed by atoms with van der Waals surface area (Å²) in [6.45, 7) is 11.0. The number of piperidine rings is 1. The fourth-order valence-corrected chi connectivity index (χ4v) is 4.22. The Kier molecular flexibility index (Phi) is 5.33. The lowest BCUT2D eigenvalue weighted by Gasteiger charge is -2.46. The fraction of sp³-hybridized carbons (Fsp3) is 0.944. The molecule has 0 bridgehead atoms. The smallest absolute Gasteiger partial charge is 0.0672 e. The van der Waals surface area contributed by atoms with Gasteiger partial charge in [-0.25, -0.2) is 0 Å². The molecule has 0 amide bonds. The Labute approximate surface area is 130 Å². The highest BCUT2D eigenvalue weighted by atomic mass is 16.3. The zero-order chi connectivity index (χ0) is 15.6. The average Bonchev–Trinajstić information content (AvgIpc) is 2.45. The maximum absolute atomic E-state index is 9.75. The fourth-order valence-electron chi connectivity index (χ4n) is 4.22. The molecule has 3 heteroatoms. The molecule has 4 unspecified atom stereocenters. The Morgan fingerprint density at radius 3 is 2.24 bits per heavy atom. The lowest BCUT2D eigenvalue weighted by atomic mass is 9.67. The molecule has 2 fully saturated rings. The van der Waals surface area contributed by atoms with Gasteiger partial charge in [-0.3, -0.25) is 4.90 Å². The number of aliphatic hydroxyl groups excluding tert-OH is 1. The van der Waals surface area contributed by atoms with Crippen molar-refractivity contribution >= 4 is 0 Å². The van der Waals surface area contributed by atoms with Crippen LogP contribution in [0.1, 0.15) is 59.8 Å². The van der Waals surface area contributed by atoms with E-state index in [1.54, 1.807) is 0 Å². The highest BCUT2D eigenvalue weighted by molar-refractivity contribution is 5.00. The van der Waals surface area contributed by atoms with Gasteiger partial charge in [-0.1, -0.05) is 20.8 Å². The van der Waals surface area contributed by atoms with E-state index in [1.165, 1.54) is 12.8 Å². The van der Waals surface area contributed by atoms with Gasteiger partial charge in [0.2, 0.25) is 0 Å². The summed E-state index contributed by atoms with van der Waals surface area (Å²) in [6, 6.07) is 3.00. The minimum atomic E-state index is -0.187. The monoisotopic (exact) mass is 292 g/mol. The van der Waals surface area contributed by atoms with E-state index in [2.05, 4.69) is 31.7 Å². The van der Waals surface area contributed by atoms with Gasteiger partial charge in [0.15, 0.2) is 0 Å². The second-order valence-corrected chi connectivity index (χ2v) is 8.29. The molecule has 4 atom stereocenters. The minimum absolute atomic E-state index is 0.187. The summed E-state index contributed by atoms with van der Waals surface area (Å²) < 4.78 is 0. The Morgan fingerprint density at radius 1 is 1.14 bits per heavy atom. The van der Waals surface area contributed by atoms with E-state index in [4.69, 9.17) is 0 Å². The van der Waals surface area contributed by atoms with Gasteiger partial charge >= 0.3 is 0 Å². The van der Waals surface area contributed by atoms with Crippen molar-refractivity contribution in [3.63, 3.8) is 0 Å². The van der Waals surface area contributed by atoms with E-state index in [0.29, 0.717) is 17.4 Å². The third-order valence-corrected chi connectivity index (χ3v) is 5.93. The Bertz CT molecular complexity index is 372. The van der Waals surface area contributed by atoms with E-state index >= 15 is 0 Å². The molecule has 1 N–H and O–H groups in total. The largest absolute Gasteiger partial charge is 0.393 e. The summed E-state index contributed by atoms with van der Waals surface area (Å²) in [5.41, 5.74) is 0.344. The number of aliphatic hydroxyl groups is 1. The molecule has 0 aromatic heterocycles. The first kappa shape index (κ1) is 16.8. The Hall–Kier alpha value is -0.590.